The Kier molecular flexibility index (Phi) is 12.3. The Morgan fingerprint density at radius 2 is 1.77 bits per heavy atom. The smallest absolute Gasteiger partial charge is 0.405 e. The summed E-state index contributed by atoms with van der Waals surface area (Å²) in [7, 11) is 1.70. The van der Waals surface area contributed by atoms with Gasteiger partial charge >= 0.3 is 6.36 Å². The first-order valence-corrected chi connectivity index (χ1v) is 19.0. The number of nitrogens with one attached hydrogen (secondary N) is 4. The summed E-state index contributed by atoms with van der Waals surface area (Å²) in [4.78, 5) is 54.9. The highest BCUT2D eigenvalue weighted by Gasteiger charge is 2.37. The molecule has 3 atom stereocenters. The van der Waals surface area contributed by atoms with Crippen molar-refractivity contribution in [3.63, 3.8) is 0 Å². The number of halogens is 4. The molecule has 4 heterocycles. The number of hydrogen-bond acceptors (Lipinski definition) is 9. The maximum absolute atomic E-state index is 13.7. The molecule has 2 aromatic heterocycles. The number of aliphatic hydroxyl groups excluding tert-OH is 1. The summed E-state index contributed by atoms with van der Waals surface area (Å²) >= 11 is 6.57. The number of anilines is 1. The second-order valence-corrected chi connectivity index (χ2v) is 15.8. The Bertz CT molecular complexity index is 2100. The van der Waals surface area contributed by atoms with Gasteiger partial charge in [0, 0.05) is 55.0 Å². The van der Waals surface area contributed by atoms with Crippen molar-refractivity contribution in [2.24, 2.45) is 11.3 Å². The SMILES string of the molecule is CNCC(=O)N1CC(C)CC1c1nc(-c2ccc(-c3cc(Cl)c(NC(=O)c4ccc(C5CN(C(=O)C(C)(C)C)CCN5)nc4)cc3OC(F)(F)F)cc2)c(CO)[nH]1. The second kappa shape index (κ2) is 16.8. The largest absolute Gasteiger partial charge is 0.573 e. The predicted molar refractivity (Wildman–Crippen MR) is 208 cm³/mol. The average molecular weight is 811 g/mol. The molecule has 2 saturated heterocycles. The van der Waals surface area contributed by atoms with Crippen LogP contribution < -0.4 is 20.7 Å². The molecule has 0 saturated carbocycles. The molecule has 4 aromatic rings. The first-order valence-electron chi connectivity index (χ1n) is 18.6. The maximum atomic E-state index is 13.7. The molecule has 2 aliphatic heterocycles. The number of alkyl halides is 3. The van der Waals surface area contributed by atoms with E-state index in [9.17, 15) is 32.7 Å². The number of H-pyrrole nitrogens is 1. The number of rotatable bonds is 10. The number of imidazole rings is 1. The van der Waals surface area contributed by atoms with E-state index < -0.39 is 23.4 Å². The van der Waals surface area contributed by atoms with E-state index in [0.717, 1.165) is 6.07 Å². The Balaban J connectivity index is 1.21. The number of piperazine rings is 1. The lowest BCUT2D eigenvalue weighted by Crippen LogP contribution is -2.51. The lowest BCUT2D eigenvalue weighted by atomic mass is 9.94. The molecule has 0 spiro atoms. The average Bonchev–Trinajstić information content (AvgIpc) is 3.79. The number of aromatic nitrogens is 3. The number of carbonyl (C=O) groups is 3. The van der Waals surface area contributed by atoms with Crippen LogP contribution in [0.5, 0.6) is 5.75 Å². The zero-order valence-electron chi connectivity index (χ0n) is 32.3. The normalized spacial score (nSPS) is 18.8. The summed E-state index contributed by atoms with van der Waals surface area (Å²) in [6, 6.07) is 11.4. The molecule has 3 amide bonds. The molecule has 5 N–H and O–H groups in total. The number of likely N-dealkylation sites (tertiary alicyclic amines) is 1. The van der Waals surface area contributed by atoms with Gasteiger partial charge in [-0.05, 0) is 43.1 Å². The van der Waals surface area contributed by atoms with Crippen LogP contribution in [0.4, 0.5) is 18.9 Å². The van der Waals surface area contributed by atoms with Gasteiger partial charge in [0.15, 0.2) is 0 Å². The van der Waals surface area contributed by atoms with Gasteiger partial charge in [0.05, 0.1) is 58.6 Å². The van der Waals surface area contributed by atoms with Gasteiger partial charge in [-0.25, -0.2) is 4.98 Å². The molecule has 0 radical (unpaired) electrons. The van der Waals surface area contributed by atoms with Crippen LogP contribution in [0.15, 0.2) is 54.7 Å². The van der Waals surface area contributed by atoms with Crippen molar-refractivity contribution in [1.82, 2.24) is 35.4 Å². The number of carbonyl (C=O) groups excluding carboxylic acids is 3. The van der Waals surface area contributed by atoms with E-state index in [4.69, 9.17) is 16.6 Å². The molecule has 13 nitrogen and oxygen atoms in total. The third kappa shape index (κ3) is 9.58. The van der Waals surface area contributed by atoms with Crippen LogP contribution in [0, 0.1) is 11.3 Å². The minimum absolute atomic E-state index is 0.00981. The van der Waals surface area contributed by atoms with E-state index >= 15 is 0 Å². The molecule has 3 unspecified atom stereocenters. The van der Waals surface area contributed by atoms with Gasteiger partial charge in [0.25, 0.3) is 5.91 Å². The zero-order valence-corrected chi connectivity index (χ0v) is 33.0. The summed E-state index contributed by atoms with van der Waals surface area (Å²) in [6.45, 7) is 9.59. The van der Waals surface area contributed by atoms with Gasteiger partial charge in [-0.3, -0.25) is 19.4 Å². The predicted octanol–water partition coefficient (Wildman–Crippen LogP) is 6.08. The van der Waals surface area contributed by atoms with Gasteiger partial charge in [-0.2, -0.15) is 0 Å². The molecular formula is C40H46ClF3N8O5. The zero-order chi connectivity index (χ0) is 41.2. The number of hydrogen-bond donors (Lipinski definition) is 5. The molecule has 57 heavy (non-hydrogen) atoms. The van der Waals surface area contributed by atoms with Gasteiger partial charge < -0.3 is 40.6 Å². The van der Waals surface area contributed by atoms with Gasteiger partial charge in [-0.1, -0.05) is 63.6 Å². The van der Waals surface area contributed by atoms with Gasteiger partial charge in [-0.15, -0.1) is 13.2 Å². The lowest BCUT2D eigenvalue weighted by Gasteiger charge is -2.36. The van der Waals surface area contributed by atoms with E-state index in [1.807, 2.05) is 20.8 Å². The van der Waals surface area contributed by atoms with Crippen molar-refractivity contribution >= 4 is 35.0 Å². The van der Waals surface area contributed by atoms with Crippen molar-refractivity contribution in [2.45, 2.75) is 59.2 Å². The monoisotopic (exact) mass is 810 g/mol. The number of aliphatic hydroxyl groups is 1. The quantitative estimate of drug-likeness (QED) is 0.128. The van der Waals surface area contributed by atoms with Crippen LogP contribution in [-0.4, -0.2) is 93.7 Å². The number of pyridine rings is 1. The van der Waals surface area contributed by atoms with Crippen LogP contribution >= 0.6 is 11.6 Å². The molecule has 6 rings (SSSR count). The summed E-state index contributed by atoms with van der Waals surface area (Å²) in [5.41, 5.74) is 1.89. The molecule has 2 aromatic carbocycles. The van der Waals surface area contributed by atoms with Crippen LogP contribution in [0.3, 0.4) is 0 Å². The highest BCUT2D eigenvalue weighted by Crippen LogP contribution is 2.41. The fourth-order valence-electron chi connectivity index (χ4n) is 7.21. The number of benzene rings is 2. The minimum atomic E-state index is -5.06. The lowest BCUT2D eigenvalue weighted by molar-refractivity contribution is -0.274. The van der Waals surface area contributed by atoms with E-state index in [1.165, 1.54) is 12.3 Å². The van der Waals surface area contributed by atoms with Crippen LogP contribution in [0.25, 0.3) is 22.4 Å². The van der Waals surface area contributed by atoms with Gasteiger partial charge in [0.1, 0.15) is 11.6 Å². The van der Waals surface area contributed by atoms with E-state index in [2.05, 4.69) is 37.6 Å². The number of likely N-dealkylation sites (N-methyl/N-ethyl adjacent to an activating group) is 1. The minimum Gasteiger partial charge on any atom is -0.405 e. The third-order valence-electron chi connectivity index (χ3n) is 9.95. The standard InChI is InChI=1S/C40H46ClF3N8O5/c1-22-14-32(52(19-22)34(54)18-45-5)36-48-31(21-53)35(50-36)24-8-6-23(7-9-24)26-15-27(41)29(16-33(26)57-40(42,43)44)49-37(55)25-10-11-28(47-17-25)30-20-51(13-12-46-30)38(56)39(2,3)4/h6-11,15-17,22,30,32,45-46,53H,12-14,18-21H2,1-5H3,(H,48,50)(H,49,55). The summed E-state index contributed by atoms with van der Waals surface area (Å²) in [5, 5.41) is 18.9. The first-order chi connectivity index (χ1) is 26.9. The highest BCUT2D eigenvalue weighted by molar-refractivity contribution is 6.34. The number of amides is 3. The van der Waals surface area contributed by atoms with Crippen LogP contribution in [0.1, 0.15) is 73.8 Å². The first kappa shape index (κ1) is 41.6. The maximum Gasteiger partial charge on any atom is 0.573 e. The number of aromatic amines is 1. The Hall–Kier alpha value is -5.03. The fraction of sp³-hybridized carbons (Fsp3) is 0.425. The summed E-state index contributed by atoms with van der Waals surface area (Å²) < 4.78 is 45.6. The van der Waals surface area contributed by atoms with Crippen molar-refractivity contribution in [1.29, 1.82) is 0 Å². The Morgan fingerprint density at radius 3 is 2.40 bits per heavy atom. The third-order valence-corrected chi connectivity index (χ3v) is 10.3. The topological polar surface area (TPSA) is 165 Å². The molecule has 2 fully saturated rings. The molecule has 0 aliphatic carbocycles. The second-order valence-electron chi connectivity index (χ2n) is 15.4. The van der Waals surface area contributed by atoms with Crippen molar-refractivity contribution in [3.05, 3.63) is 82.5 Å². The molecule has 2 aliphatic rings. The van der Waals surface area contributed by atoms with Crippen molar-refractivity contribution in [3.8, 4) is 28.1 Å². The Labute approximate surface area is 333 Å². The van der Waals surface area contributed by atoms with Gasteiger partial charge in [0.2, 0.25) is 11.8 Å². The molecule has 17 heteroatoms. The van der Waals surface area contributed by atoms with Crippen LogP contribution in [0.2, 0.25) is 5.02 Å². The summed E-state index contributed by atoms with van der Waals surface area (Å²) in [6.07, 6.45) is -3.02. The van der Waals surface area contributed by atoms with Crippen molar-refractivity contribution < 1.29 is 37.4 Å². The number of ether oxygens (including phenoxy) is 1. The fourth-order valence-corrected chi connectivity index (χ4v) is 7.42. The summed E-state index contributed by atoms with van der Waals surface area (Å²) in [5.74, 6) is -0.518. The van der Waals surface area contributed by atoms with E-state index in [0.29, 0.717) is 66.6 Å². The molecule has 0 bridgehead atoms. The highest BCUT2D eigenvalue weighted by atomic mass is 35.5. The molecule has 304 valence electrons. The Morgan fingerprint density at radius 1 is 1.05 bits per heavy atom. The van der Waals surface area contributed by atoms with E-state index in [-0.39, 0.29) is 64.8 Å². The molecular weight excluding hydrogens is 765 g/mol. The van der Waals surface area contributed by atoms with Crippen LogP contribution in [-0.2, 0) is 16.2 Å². The number of nitrogens with zero attached hydrogens (tertiary/aromatic N) is 4. The van der Waals surface area contributed by atoms with Crippen molar-refractivity contribution in [2.75, 3.05) is 45.1 Å². The van der Waals surface area contributed by atoms with E-state index in [1.54, 1.807) is 53.2 Å².